The predicted molar refractivity (Wildman–Crippen MR) is 87.9 cm³/mol. The number of nitro benzene ring substituents is 1. The Morgan fingerprint density at radius 2 is 2.00 bits per heavy atom. The molecule has 1 aromatic carbocycles. The third-order valence-electron chi connectivity index (χ3n) is 4.69. The predicted octanol–water partition coefficient (Wildman–Crippen LogP) is 3.44. The van der Waals surface area contributed by atoms with Gasteiger partial charge in [0, 0.05) is 36.1 Å². The molecule has 1 saturated heterocycles. The number of nitrogens with one attached hydrogen (secondary N) is 2. The van der Waals surface area contributed by atoms with Crippen LogP contribution in [0.4, 0.5) is 17.1 Å². The number of likely N-dealkylation sites (tertiary alicyclic amines) is 1. The molecule has 0 radical (unpaired) electrons. The van der Waals surface area contributed by atoms with Crippen molar-refractivity contribution in [3.8, 4) is 0 Å². The Morgan fingerprint density at radius 3 is 2.68 bits per heavy atom. The Kier molecular flexibility index (Phi) is 4.02. The highest BCUT2D eigenvalue weighted by atomic mass is 16.6. The van der Waals surface area contributed by atoms with Gasteiger partial charge in [-0.25, -0.2) is 0 Å². The molecule has 0 unspecified atom stereocenters. The lowest BCUT2D eigenvalue weighted by Crippen LogP contribution is -2.33. The molecule has 2 aliphatic heterocycles. The van der Waals surface area contributed by atoms with Gasteiger partial charge < -0.3 is 10.6 Å². The fourth-order valence-electron chi connectivity index (χ4n) is 3.19. The molecule has 6 nitrogen and oxygen atoms in total. The van der Waals surface area contributed by atoms with E-state index >= 15 is 0 Å². The number of nitrogens with zero attached hydrogens (tertiary/aromatic N) is 2. The monoisotopic (exact) mass is 302 g/mol. The second kappa shape index (κ2) is 5.96. The van der Waals surface area contributed by atoms with Gasteiger partial charge in [0.15, 0.2) is 0 Å². The zero-order chi connectivity index (χ0) is 15.7. The molecule has 6 heteroatoms. The van der Waals surface area contributed by atoms with E-state index in [1.54, 1.807) is 12.3 Å². The Hall–Kier alpha value is -2.08. The van der Waals surface area contributed by atoms with Gasteiger partial charge in [0.05, 0.1) is 16.3 Å². The minimum absolute atomic E-state index is 0.184. The Balaban J connectivity index is 1.95. The number of nitro groups is 1. The van der Waals surface area contributed by atoms with Crippen molar-refractivity contribution in [1.82, 2.24) is 4.90 Å². The summed E-state index contributed by atoms with van der Waals surface area (Å²) in [5.74, 6) is 0.777. The van der Waals surface area contributed by atoms with E-state index in [2.05, 4.69) is 22.5 Å². The van der Waals surface area contributed by atoms with Crippen molar-refractivity contribution in [3.63, 3.8) is 0 Å². The first-order valence-corrected chi connectivity index (χ1v) is 7.77. The van der Waals surface area contributed by atoms with Gasteiger partial charge in [0.2, 0.25) is 0 Å². The zero-order valence-electron chi connectivity index (χ0n) is 13.1. The average molecular weight is 302 g/mol. The number of anilines is 2. The van der Waals surface area contributed by atoms with Crippen LogP contribution in [0.3, 0.4) is 0 Å². The van der Waals surface area contributed by atoms with Crippen LogP contribution >= 0.6 is 0 Å². The highest BCUT2D eigenvalue weighted by Gasteiger charge is 2.25. The van der Waals surface area contributed by atoms with Crippen LogP contribution in [0, 0.1) is 23.0 Å². The van der Waals surface area contributed by atoms with Crippen LogP contribution in [-0.2, 0) is 6.54 Å². The smallest absolute Gasteiger partial charge is 0.274 e. The first-order valence-electron chi connectivity index (χ1n) is 7.77. The molecule has 0 amide bonds. The SMILES string of the molecule is Cc1c([N+](=O)[O-])cc2c(c1CN1CCC(C)CC1)NC=CN2. The highest BCUT2D eigenvalue weighted by Crippen LogP contribution is 2.38. The summed E-state index contributed by atoms with van der Waals surface area (Å²) in [4.78, 5) is 13.4. The van der Waals surface area contributed by atoms with Crippen molar-refractivity contribution in [3.05, 3.63) is 39.7 Å². The fourth-order valence-corrected chi connectivity index (χ4v) is 3.19. The number of rotatable bonds is 3. The summed E-state index contributed by atoms with van der Waals surface area (Å²) in [6.45, 7) is 7.00. The van der Waals surface area contributed by atoms with Gasteiger partial charge in [-0.3, -0.25) is 15.0 Å². The minimum Gasteiger partial charge on any atom is -0.358 e. The Bertz CT molecular complexity index is 619. The van der Waals surface area contributed by atoms with Crippen LogP contribution in [0.1, 0.15) is 30.9 Å². The van der Waals surface area contributed by atoms with Crippen LogP contribution in [0.15, 0.2) is 18.5 Å². The van der Waals surface area contributed by atoms with Crippen molar-refractivity contribution in [1.29, 1.82) is 0 Å². The summed E-state index contributed by atoms with van der Waals surface area (Å²) < 4.78 is 0. The molecule has 0 aromatic heterocycles. The molecular formula is C16H22N4O2. The van der Waals surface area contributed by atoms with E-state index in [0.29, 0.717) is 0 Å². The molecule has 3 rings (SSSR count). The second-order valence-corrected chi connectivity index (χ2v) is 6.26. The number of hydrogen-bond acceptors (Lipinski definition) is 5. The molecular weight excluding hydrogens is 280 g/mol. The highest BCUT2D eigenvalue weighted by molar-refractivity contribution is 5.81. The van der Waals surface area contributed by atoms with Gasteiger partial charge >= 0.3 is 0 Å². The van der Waals surface area contributed by atoms with E-state index in [1.807, 2.05) is 13.1 Å². The summed E-state index contributed by atoms with van der Waals surface area (Å²) in [5, 5.41) is 17.7. The Morgan fingerprint density at radius 1 is 1.32 bits per heavy atom. The van der Waals surface area contributed by atoms with Gasteiger partial charge in [-0.2, -0.15) is 0 Å². The molecule has 0 aliphatic carbocycles. The van der Waals surface area contributed by atoms with Crippen LogP contribution < -0.4 is 10.6 Å². The normalized spacial score (nSPS) is 18.5. The van der Waals surface area contributed by atoms with Gasteiger partial charge in [-0.15, -0.1) is 0 Å². The largest absolute Gasteiger partial charge is 0.358 e. The first kappa shape index (κ1) is 14.8. The van der Waals surface area contributed by atoms with E-state index in [0.717, 1.165) is 48.1 Å². The van der Waals surface area contributed by atoms with Gasteiger partial charge in [0.1, 0.15) is 0 Å². The van der Waals surface area contributed by atoms with Crippen LogP contribution in [-0.4, -0.2) is 22.9 Å². The summed E-state index contributed by atoms with van der Waals surface area (Å²) in [6, 6.07) is 1.61. The van der Waals surface area contributed by atoms with Gasteiger partial charge in [-0.1, -0.05) is 6.92 Å². The van der Waals surface area contributed by atoms with Crippen molar-refractivity contribution in [2.45, 2.75) is 33.2 Å². The van der Waals surface area contributed by atoms with Crippen LogP contribution in [0.25, 0.3) is 0 Å². The standard InChI is InChI=1S/C16H22N4O2/c1-11-3-7-19(8-4-11)10-13-12(2)15(20(21)22)9-14-16(13)18-6-5-17-14/h5-6,9,11,17-18H,3-4,7-8,10H2,1-2H3. The number of benzene rings is 1. The molecule has 0 bridgehead atoms. The minimum atomic E-state index is -0.294. The first-order chi connectivity index (χ1) is 10.6. The quantitative estimate of drug-likeness (QED) is 0.661. The zero-order valence-corrected chi connectivity index (χ0v) is 13.1. The summed E-state index contributed by atoms with van der Waals surface area (Å²) in [7, 11) is 0. The fraction of sp³-hybridized carbons (Fsp3) is 0.500. The third-order valence-corrected chi connectivity index (χ3v) is 4.69. The van der Waals surface area contributed by atoms with Crippen molar-refractivity contribution < 1.29 is 4.92 Å². The molecule has 0 spiro atoms. The number of hydrogen-bond donors (Lipinski definition) is 2. The molecule has 0 atom stereocenters. The third kappa shape index (κ3) is 2.78. The van der Waals surface area contributed by atoms with E-state index in [-0.39, 0.29) is 10.6 Å². The molecule has 1 fully saturated rings. The lowest BCUT2D eigenvalue weighted by atomic mass is 9.97. The van der Waals surface area contributed by atoms with Crippen LogP contribution in [0.5, 0.6) is 0 Å². The van der Waals surface area contributed by atoms with E-state index in [4.69, 9.17) is 0 Å². The molecule has 0 saturated carbocycles. The molecule has 118 valence electrons. The van der Waals surface area contributed by atoms with E-state index < -0.39 is 0 Å². The summed E-state index contributed by atoms with van der Waals surface area (Å²) >= 11 is 0. The molecule has 2 aliphatic rings. The molecule has 2 N–H and O–H groups in total. The van der Waals surface area contributed by atoms with Gasteiger partial charge in [-0.05, 0) is 38.8 Å². The Labute approximate surface area is 130 Å². The van der Waals surface area contributed by atoms with Crippen LogP contribution in [0.2, 0.25) is 0 Å². The lowest BCUT2D eigenvalue weighted by molar-refractivity contribution is -0.385. The topological polar surface area (TPSA) is 70.4 Å². The molecule has 1 aromatic rings. The maximum Gasteiger partial charge on any atom is 0.274 e. The van der Waals surface area contributed by atoms with Crippen molar-refractivity contribution in [2.24, 2.45) is 5.92 Å². The average Bonchev–Trinajstić information content (AvgIpc) is 2.51. The summed E-state index contributed by atoms with van der Waals surface area (Å²) in [6.07, 6.45) is 5.98. The van der Waals surface area contributed by atoms with E-state index in [1.165, 1.54) is 12.8 Å². The lowest BCUT2D eigenvalue weighted by Gasteiger charge is -2.31. The number of fused-ring (bicyclic) bond motifs is 1. The molecule has 2 heterocycles. The number of piperidine rings is 1. The van der Waals surface area contributed by atoms with Crippen molar-refractivity contribution >= 4 is 17.1 Å². The summed E-state index contributed by atoms with van der Waals surface area (Å²) in [5.41, 5.74) is 3.70. The van der Waals surface area contributed by atoms with Crippen molar-refractivity contribution in [2.75, 3.05) is 23.7 Å². The van der Waals surface area contributed by atoms with Gasteiger partial charge in [0.25, 0.3) is 5.69 Å². The van der Waals surface area contributed by atoms with E-state index in [9.17, 15) is 10.1 Å². The maximum absolute atomic E-state index is 11.3. The second-order valence-electron chi connectivity index (χ2n) is 6.26. The maximum atomic E-state index is 11.3. The molecule has 22 heavy (non-hydrogen) atoms.